The number of carbonyl (C=O) groups is 2. The van der Waals surface area contributed by atoms with Crippen LogP contribution >= 0.6 is 0 Å². The fraction of sp³-hybridized carbons (Fsp3) is 0.333. The first kappa shape index (κ1) is 25.6. The molecule has 3 N–H and O–H groups in total. The highest BCUT2D eigenvalue weighted by Crippen LogP contribution is 2.46. The first-order valence-corrected chi connectivity index (χ1v) is 13.0. The molecule has 2 aromatic heterocycles. The number of hydrogen-bond acceptors (Lipinski definition) is 4. The van der Waals surface area contributed by atoms with Crippen LogP contribution in [0.2, 0.25) is 0 Å². The number of carboxylic acid groups (broad SMARTS) is 1. The zero-order valence-electron chi connectivity index (χ0n) is 21.5. The van der Waals surface area contributed by atoms with Crippen LogP contribution in [-0.4, -0.2) is 38.2 Å². The first-order valence-electron chi connectivity index (χ1n) is 13.0. The van der Waals surface area contributed by atoms with E-state index in [0.717, 1.165) is 27.9 Å². The lowest BCUT2D eigenvalue weighted by molar-refractivity contribution is -0.156. The second-order valence-corrected chi connectivity index (χ2v) is 10.2. The molecule has 0 aliphatic heterocycles. The van der Waals surface area contributed by atoms with Crippen LogP contribution in [0.15, 0.2) is 60.8 Å². The summed E-state index contributed by atoms with van der Waals surface area (Å²) in [6.45, 7) is 3.85. The number of aliphatic carboxylic acids is 1. The number of aromatic amines is 1. The zero-order chi connectivity index (χ0) is 26.9. The van der Waals surface area contributed by atoms with Crippen molar-refractivity contribution < 1.29 is 19.1 Å². The molecule has 1 fully saturated rings. The normalized spacial score (nSPS) is 21.3. The van der Waals surface area contributed by atoms with Gasteiger partial charge in [-0.25, -0.2) is 4.39 Å². The maximum Gasteiger partial charge on any atom is 0.310 e. The lowest BCUT2D eigenvalue weighted by atomic mass is 9.60. The third-order valence-corrected chi connectivity index (χ3v) is 7.97. The maximum absolute atomic E-state index is 14.5. The molecule has 7 nitrogen and oxygen atoms in total. The Morgan fingerprint density at radius 3 is 2.74 bits per heavy atom. The highest BCUT2D eigenvalue weighted by molar-refractivity contribution is 6.01. The lowest BCUT2D eigenvalue weighted by Gasteiger charge is -2.45. The molecule has 1 aliphatic carbocycles. The monoisotopic (exact) mass is 514 g/mol. The smallest absolute Gasteiger partial charge is 0.310 e. The number of nitrogens with one attached hydrogen (secondary N) is 2. The highest BCUT2D eigenvalue weighted by atomic mass is 19.1. The summed E-state index contributed by atoms with van der Waals surface area (Å²) >= 11 is 0. The van der Waals surface area contributed by atoms with Crippen molar-refractivity contribution >= 4 is 22.8 Å². The number of pyridine rings is 1. The molecule has 1 saturated carbocycles. The van der Waals surface area contributed by atoms with E-state index in [-0.39, 0.29) is 24.3 Å². The SMILES string of the molecule is CCC1C(NC(=O)c2ccc3[nH]nc(-c4ccnc(C)c4)c3c2)CCCC1(Cc1ccccc1F)C(=O)O. The number of hydrogen-bond donors (Lipinski definition) is 3. The summed E-state index contributed by atoms with van der Waals surface area (Å²) in [5.41, 5.74) is 3.02. The fourth-order valence-electron chi connectivity index (χ4n) is 6.12. The Morgan fingerprint density at radius 1 is 1.18 bits per heavy atom. The van der Waals surface area contributed by atoms with Crippen molar-refractivity contribution in [2.24, 2.45) is 11.3 Å². The van der Waals surface area contributed by atoms with E-state index in [1.807, 2.05) is 38.1 Å². The fourth-order valence-corrected chi connectivity index (χ4v) is 6.12. The van der Waals surface area contributed by atoms with Gasteiger partial charge in [0.2, 0.25) is 0 Å². The summed E-state index contributed by atoms with van der Waals surface area (Å²) in [4.78, 5) is 30.4. The molecule has 0 bridgehead atoms. The third kappa shape index (κ3) is 4.66. The second-order valence-electron chi connectivity index (χ2n) is 10.2. The summed E-state index contributed by atoms with van der Waals surface area (Å²) in [6.07, 6.45) is 4.12. The van der Waals surface area contributed by atoms with Crippen molar-refractivity contribution in [2.45, 2.75) is 52.0 Å². The minimum Gasteiger partial charge on any atom is -0.481 e. The Labute approximate surface area is 220 Å². The molecule has 0 spiro atoms. The number of rotatable bonds is 7. The molecule has 0 saturated heterocycles. The molecule has 3 unspecified atom stereocenters. The van der Waals surface area contributed by atoms with Crippen LogP contribution in [0.5, 0.6) is 0 Å². The van der Waals surface area contributed by atoms with E-state index in [9.17, 15) is 19.1 Å². The summed E-state index contributed by atoms with van der Waals surface area (Å²) in [5, 5.41) is 21.8. The summed E-state index contributed by atoms with van der Waals surface area (Å²) < 4.78 is 14.5. The Balaban J connectivity index is 1.43. The van der Waals surface area contributed by atoms with Gasteiger partial charge in [-0.05, 0) is 74.1 Å². The second kappa shape index (κ2) is 10.4. The number of carbonyl (C=O) groups excluding carboxylic acids is 1. The number of amides is 1. The van der Waals surface area contributed by atoms with Crippen molar-refractivity contribution in [3.63, 3.8) is 0 Å². The maximum atomic E-state index is 14.5. The topological polar surface area (TPSA) is 108 Å². The molecule has 8 heteroatoms. The minimum absolute atomic E-state index is 0.0928. The van der Waals surface area contributed by atoms with Gasteiger partial charge in [-0.1, -0.05) is 38.0 Å². The van der Waals surface area contributed by atoms with Gasteiger partial charge in [-0.2, -0.15) is 5.10 Å². The molecular weight excluding hydrogens is 483 g/mol. The number of nitrogens with zero attached hydrogens (tertiary/aromatic N) is 2. The van der Waals surface area contributed by atoms with Gasteiger partial charge in [0.1, 0.15) is 11.5 Å². The number of aromatic nitrogens is 3. The predicted molar refractivity (Wildman–Crippen MR) is 143 cm³/mol. The molecule has 2 heterocycles. The largest absolute Gasteiger partial charge is 0.481 e. The van der Waals surface area contributed by atoms with E-state index in [4.69, 9.17) is 0 Å². The van der Waals surface area contributed by atoms with Gasteiger partial charge in [0, 0.05) is 34.4 Å². The molecule has 1 aliphatic rings. The molecular formula is C30H31FN4O3. The van der Waals surface area contributed by atoms with Crippen LogP contribution in [0.25, 0.3) is 22.2 Å². The van der Waals surface area contributed by atoms with Gasteiger partial charge in [0.25, 0.3) is 5.91 Å². The van der Waals surface area contributed by atoms with E-state index >= 15 is 0 Å². The van der Waals surface area contributed by atoms with E-state index in [2.05, 4.69) is 20.5 Å². The number of aryl methyl sites for hydroxylation is 1. The molecule has 3 atom stereocenters. The average molecular weight is 515 g/mol. The van der Waals surface area contributed by atoms with Gasteiger partial charge >= 0.3 is 5.97 Å². The Morgan fingerprint density at radius 2 is 2.00 bits per heavy atom. The van der Waals surface area contributed by atoms with Gasteiger partial charge in [0.15, 0.2) is 0 Å². The lowest BCUT2D eigenvalue weighted by Crippen LogP contribution is -2.54. The van der Waals surface area contributed by atoms with E-state index in [0.29, 0.717) is 36.8 Å². The van der Waals surface area contributed by atoms with Crippen molar-refractivity contribution in [3.05, 3.63) is 83.4 Å². The molecule has 38 heavy (non-hydrogen) atoms. The standard InChI is InChI=1S/C30H31FN4O3/c1-3-23-26(9-6-13-30(23,29(37)38)17-21-7-4-5-8-24(21)31)33-28(36)20-10-11-25-22(16-20)27(35-34-25)19-12-14-32-18(2)15-19/h4-5,7-8,10-12,14-16,23,26H,3,6,9,13,17H2,1-2H3,(H,33,36)(H,34,35)(H,37,38). The number of fused-ring (bicyclic) bond motifs is 1. The van der Waals surface area contributed by atoms with Crippen LogP contribution < -0.4 is 5.32 Å². The van der Waals surface area contributed by atoms with Crippen LogP contribution in [-0.2, 0) is 11.2 Å². The van der Waals surface area contributed by atoms with Crippen molar-refractivity contribution in [1.82, 2.24) is 20.5 Å². The molecule has 0 radical (unpaired) electrons. The third-order valence-electron chi connectivity index (χ3n) is 7.97. The number of benzene rings is 2. The van der Waals surface area contributed by atoms with Gasteiger partial charge < -0.3 is 10.4 Å². The Bertz CT molecular complexity index is 1500. The quantitative estimate of drug-likeness (QED) is 0.293. The van der Waals surface area contributed by atoms with Crippen molar-refractivity contribution in [2.75, 3.05) is 0 Å². The highest BCUT2D eigenvalue weighted by Gasteiger charge is 2.51. The van der Waals surface area contributed by atoms with E-state index < -0.39 is 17.2 Å². The van der Waals surface area contributed by atoms with Crippen LogP contribution in [0.4, 0.5) is 4.39 Å². The van der Waals surface area contributed by atoms with Gasteiger partial charge in [0.05, 0.1) is 10.9 Å². The predicted octanol–water partition coefficient (Wildman–Crippen LogP) is 5.69. The molecule has 2 aromatic carbocycles. The van der Waals surface area contributed by atoms with Gasteiger partial charge in [-0.3, -0.25) is 19.7 Å². The first-order chi connectivity index (χ1) is 18.3. The summed E-state index contributed by atoms with van der Waals surface area (Å²) in [6, 6.07) is 15.2. The Kier molecular flexibility index (Phi) is 6.97. The van der Waals surface area contributed by atoms with E-state index in [1.54, 1.807) is 30.5 Å². The zero-order valence-corrected chi connectivity index (χ0v) is 21.5. The summed E-state index contributed by atoms with van der Waals surface area (Å²) in [5.74, 6) is -1.95. The van der Waals surface area contributed by atoms with Crippen molar-refractivity contribution in [3.8, 4) is 11.3 Å². The molecule has 5 rings (SSSR count). The Hall–Kier alpha value is -4.07. The van der Waals surface area contributed by atoms with Crippen LogP contribution in [0.3, 0.4) is 0 Å². The minimum atomic E-state index is -1.16. The van der Waals surface area contributed by atoms with Crippen LogP contribution in [0, 0.1) is 24.1 Å². The molecule has 196 valence electrons. The number of halogens is 1. The number of H-pyrrole nitrogens is 1. The number of carboxylic acids is 1. The van der Waals surface area contributed by atoms with Crippen molar-refractivity contribution in [1.29, 1.82) is 0 Å². The average Bonchev–Trinajstić information content (AvgIpc) is 3.33. The van der Waals surface area contributed by atoms with Crippen LogP contribution in [0.1, 0.15) is 54.2 Å². The molecule has 1 amide bonds. The summed E-state index contributed by atoms with van der Waals surface area (Å²) in [7, 11) is 0. The molecule has 4 aromatic rings. The van der Waals surface area contributed by atoms with E-state index in [1.165, 1.54) is 6.07 Å². The van der Waals surface area contributed by atoms with Gasteiger partial charge in [-0.15, -0.1) is 0 Å².